The van der Waals surface area contributed by atoms with E-state index in [-0.39, 0.29) is 6.61 Å². The number of hydrogen-bond donors (Lipinski definition) is 1. The van der Waals surface area contributed by atoms with Crippen molar-refractivity contribution in [3.8, 4) is 17.4 Å². The fourth-order valence-corrected chi connectivity index (χ4v) is 1.58. The Balaban J connectivity index is 2.22. The zero-order valence-corrected chi connectivity index (χ0v) is 10.5. The molecule has 1 heterocycles. The molecule has 0 aliphatic heterocycles. The first-order valence-electron chi connectivity index (χ1n) is 5.31. The molecular weight excluding hydrogens is 254 g/mol. The minimum Gasteiger partial charge on any atom is -0.497 e. The Morgan fingerprint density at radius 3 is 2.72 bits per heavy atom. The molecule has 1 N–H and O–H groups in total. The smallest absolute Gasteiger partial charge is 0.219 e. The largest absolute Gasteiger partial charge is 0.497 e. The maximum absolute atomic E-state index is 9.07. The molecule has 0 amide bonds. The Labute approximate surface area is 110 Å². The minimum atomic E-state index is -0.228. The van der Waals surface area contributed by atoms with Gasteiger partial charge in [-0.1, -0.05) is 17.7 Å². The lowest BCUT2D eigenvalue weighted by atomic mass is 10.3. The summed E-state index contributed by atoms with van der Waals surface area (Å²) >= 11 is 5.85. The molecule has 2 aromatic rings. The molecule has 0 atom stereocenters. The van der Waals surface area contributed by atoms with E-state index >= 15 is 0 Å². The molecule has 0 bridgehead atoms. The fraction of sp³-hybridized carbons (Fsp3) is 0.154. The van der Waals surface area contributed by atoms with Crippen molar-refractivity contribution in [3.05, 3.63) is 47.1 Å². The van der Waals surface area contributed by atoms with E-state index in [4.69, 9.17) is 26.2 Å². The van der Waals surface area contributed by atoms with Crippen LogP contribution in [-0.2, 0) is 6.61 Å². The summed E-state index contributed by atoms with van der Waals surface area (Å²) in [6.45, 7) is -0.228. The molecule has 0 aliphatic rings. The molecule has 0 radical (unpaired) electrons. The molecule has 2 rings (SSSR count). The number of halogens is 1. The van der Waals surface area contributed by atoms with Gasteiger partial charge in [-0.2, -0.15) is 0 Å². The molecule has 0 saturated carbocycles. The Kier molecular flexibility index (Phi) is 4.02. The van der Waals surface area contributed by atoms with E-state index in [2.05, 4.69) is 4.98 Å². The van der Waals surface area contributed by atoms with Crippen molar-refractivity contribution in [2.24, 2.45) is 0 Å². The zero-order chi connectivity index (χ0) is 13.0. The van der Waals surface area contributed by atoms with Crippen LogP contribution in [-0.4, -0.2) is 17.2 Å². The topological polar surface area (TPSA) is 51.6 Å². The van der Waals surface area contributed by atoms with Crippen molar-refractivity contribution in [1.82, 2.24) is 4.98 Å². The summed E-state index contributed by atoms with van der Waals surface area (Å²) in [6, 6.07) is 10.4. The highest BCUT2D eigenvalue weighted by Crippen LogP contribution is 2.25. The Morgan fingerprint density at radius 1 is 1.22 bits per heavy atom. The van der Waals surface area contributed by atoms with Crippen LogP contribution in [0.1, 0.15) is 5.69 Å². The Morgan fingerprint density at radius 2 is 2.00 bits per heavy atom. The first-order chi connectivity index (χ1) is 8.72. The van der Waals surface area contributed by atoms with Crippen LogP contribution in [0.3, 0.4) is 0 Å². The van der Waals surface area contributed by atoms with Gasteiger partial charge in [-0.05, 0) is 18.2 Å². The molecule has 18 heavy (non-hydrogen) atoms. The molecule has 0 saturated heterocycles. The number of hydrogen-bond acceptors (Lipinski definition) is 4. The molecule has 0 fully saturated rings. The van der Waals surface area contributed by atoms with Crippen molar-refractivity contribution in [3.63, 3.8) is 0 Å². The molecule has 94 valence electrons. The van der Waals surface area contributed by atoms with E-state index in [1.54, 1.807) is 31.4 Å². The zero-order valence-electron chi connectivity index (χ0n) is 9.76. The number of nitrogens with zero attached hydrogens (tertiary/aromatic N) is 1. The second kappa shape index (κ2) is 5.71. The van der Waals surface area contributed by atoms with E-state index in [0.29, 0.717) is 28.1 Å². The highest BCUT2D eigenvalue weighted by molar-refractivity contribution is 6.31. The van der Waals surface area contributed by atoms with Crippen LogP contribution >= 0.6 is 11.6 Å². The summed E-state index contributed by atoms with van der Waals surface area (Å²) in [4.78, 5) is 4.10. The van der Waals surface area contributed by atoms with Crippen molar-refractivity contribution < 1.29 is 14.6 Å². The third-order valence-electron chi connectivity index (χ3n) is 2.31. The standard InChI is InChI=1S/C13H12ClNO3/c1-17-9-3-2-4-10(7-9)18-13-6-5-11(14)12(8-16)15-13/h2-7,16H,8H2,1H3. The summed E-state index contributed by atoms with van der Waals surface area (Å²) < 4.78 is 10.7. The minimum absolute atomic E-state index is 0.228. The number of pyridine rings is 1. The van der Waals surface area contributed by atoms with Crippen molar-refractivity contribution in [2.75, 3.05) is 7.11 Å². The van der Waals surface area contributed by atoms with Crippen LogP contribution in [0.15, 0.2) is 36.4 Å². The molecule has 0 spiro atoms. The Hall–Kier alpha value is -1.78. The van der Waals surface area contributed by atoms with E-state index in [0.717, 1.165) is 0 Å². The second-order valence-electron chi connectivity index (χ2n) is 3.52. The van der Waals surface area contributed by atoms with Crippen LogP contribution in [0.4, 0.5) is 0 Å². The molecule has 0 aliphatic carbocycles. The summed E-state index contributed by atoms with van der Waals surface area (Å²) in [7, 11) is 1.59. The number of aliphatic hydroxyl groups is 1. The van der Waals surface area contributed by atoms with Crippen LogP contribution in [0.25, 0.3) is 0 Å². The van der Waals surface area contributed by atoms with Crippen LogP contribution in [0.5, 0.6) is 17.4 Å². The fourth-order valence-electron chi connectivity index (χ4n) is 1.42. The van der Waals surface area contributed by atoms with Crippen LogP contribution in [0, 0.1) is 0 Å². The SMILES string of the molecule is COc1cccc(Oc2ccc(Cl)c(CO)n2)c1. The third-order valence-corrected chi connectivity index (χ3v) is 2.65. The van der Waals surface area contributed by atoms with Gasteiger partial charge in [0.25, 0.3) is 0 Å². The lowest BCUT2D eigenvalue weighted by Crippen LogP contribution is -1.94. The van der Waals surface area contributed by atoms with Crippen molar-refractivity contribution in [2.45, 2.75) is 6.61 Å². The van der Waals surface area contributed by atoms with Gasteiger partial charge < -0.3 is 14.6 Å². The van der Waals surface area contributed by atoms with Gasteiger partial charge in [-0.15, -0.1) is 0 Å². The third kappa shape index (κ3) is 2.91. The normalized spacial score (nSPS) is 10.2. The quantitative estimate of drug-likeness (QED) is 0.923. The number of methoxy groups -OCH3 is 1. The second-order valence-corrected chi connectivity index (χ2v) is 3.92. The van der Waals surface area contributed by atoms with E-state index in [1.165, 1.54) is 0 Å². The number of rotatable bonds is 4. The lowest BCUT2D eigenvalue weighted by Gasteiger charge is -2.08. The highest BCUT2D eigenvalue weighted by atomic mass is 35.5. The van der Waals surface area contributed by atoms with Gasteiger partial charge in [0, 0.05) is 12.1 Å². The number of aromatic nitrogens is 1. The average Bonchev–Trinajstić information content (AvgIpc) is 2.41. The van der Waals surface area contributed by atoms with Crippen LogP contribution < -0.4 is 9.47 Å². The van der Waals surface area contributed by atoms with E-state index in [9.17, 15) is 0 Å². The first-order valence-corrected chi connectivity index (χ1v) is 5.69. The molecule has 1 aromatic heterocycles. The van der Waals surface area contributed by atoms with Gasteiger partial charge in [0.05, 0.1) is 24.4 Å². The number of ether oxygens (including phenoxy) is 2. The van der Waals surface area contributed by atoms with Gasteiger partial charge in [0.15, 0.2) is 0 Å². The molecular formula is C13H12ClNO3. The average molecular weight is 266 g/mol. The van der Waals surface area contributed by atoms with Gasteiger partial charge in [0.2, 0.25) is 5.88 Å². The summed E-state index contributed by atoms with van der Waals surface area (Å²) in [5.74, 6) is 1.67. The molecule has 5 heteroatoms. The first kappa shape index (κ1) is 12.7. The van der Waals surface area contributed by atoms with Gasteiger partial charge in [-0.3, -0.25) is 0 Å². The van der Waals surface area contributed by atoms with Gasteiger partial charge in [0.1, 0.15) is 11.5 Å². The van der Waals surface area contributed by atoms with Crippen LogP contribution in [0.2, 0.25) is 5.02 Å². The van der Waals surface area contributed by atoms with Crippen molar-refractivity contribution >= 4 is 11.6 Å². The molecule has 0 unspecified atom stereocenters. The number of benzene rings is 1. The summed E-state index contributed by atoms with van der Waals surface area (Å²) in [5.41, 5.74) is 0.386. The van der Waals surface area contributed by atoms with E-state index < -0.39 is 0 Å². The molecule has 1 aromatic carbocycles. The predicted molar refractivity (Wildman–Crippen MR) is 68.2 cm³/mol. The van der Waals surface area contributed by atoms with Gasteiger partial charge >= 0.3 is 0 Å². The highest BCUT2D eigenvalue weighted by Gasteiger charge is 2.05. The van der Waals surface area contributed by atoms with Crippen molar-refractivity contribution in [1.29, 1.82) is 0 Å². The maximum Gasteiger partial charge on any atom is 0.219 e. The molecule has 4 nitrogen and oxygen atoms in total. The summed E-state index contributed by atoms with van der Waals surface area (Å²) in [5, 5.41) is 9.48. The number of aliphatic hydroxyl groups excluding tert-OH is 1. The van der Waals surface area contributed by atoms with Gasteiger partial charge in [-0.25, -0.2) is 4.98 Å². The maximum atomic E-state index is 9.07. The van der Waals surface area contributed by atoms with E-state index in [1.807, 2.05) is 12.1 Å². The Bertz CT molecular complexity index is 546. The summed E-state index contributed by atoms with van der Waals surface area (Å²) in [6.07, 6.45) is 0. The predicted octanol–water partition coefficient (Wildman–Crippen LogP) is 3.03. The lowest BCUT2D eigenvalue weighted by molar-refractivity contribution is 0.275. The monoisotopic (exact) mass is 265 g/mol.